The standard InChI is InChI=1S/C15H23N3O3/c1-10(2)8-16-15(21)18-14(20)11(3)17-13-6-4-5-12(7-13)9-19/h4-7,10-11,17,19H,8-9H2,1-3H3,(H2,16,18,20,21). The molecular weight excluding hydrogens is 270 g/mol. The maximum absolute atomic E-state index is 11.9. The van der Waals surface area contributed by atoms with E-state index in [1.165, 1.54) is 0 Å². The highest BCUT2D eigenvalue weighted by atomic mass is 16.3. The van der Waals surface area contributed by atoms with Gasteiger partial charge >= 0.3 is 6.03 Å². The molecule has 21 heavy (non-hydrogen) atoms. The molecule has 116 valence electrons. The zero-order chi connectivity index (χ0) is 15.8. The third-order valence-corrected chi connectivity index (χ3v) is 2.79. The number of carbonyl (C=O) groups excluding carboxylic acids is 2. The second-order valence-electron chi connectivity index (χ2n) is 5.32. The van der Waals surface area contributed by atoms with Gasteiger partial charge in [0.15, 0.2) is 0 Å². The number of hydrogen-bond acceptors (Lipinski definition) is 4. The molecule has 1 atom stereocenters. The Morgan fingerprint density at radius 1 is 1.24 bits per heavy atom. The van der Waals surface area contributed by atoms with E-state index in [9.17, 15) is 9.59 Å². The van der Waals surface area contributed by atoms with Gasteiger partial charge < -0.3 is 15.7 Å². The van der Waals surface area contributed by atoms with Crippen LogP contribution < -0.4 is 16.0 Å². The molecule has 0 fully saturated rings. The van der Waals surface area contributed by atoms with Crippen LogP contribution in [0.25, 0.3) is 0 Å². The summed E-state index contributed by atoms with van der Waals surface area (Å²) in [6, 6.07) is 6.06. The van der Waals surface area contributed by atoms with Crippen molar-refractivity contribution >= 4 is 17.6 Å². The maximum atomic E-state index is 11.9. The van der Waals surface area contributed by atoms with Crippen LogP contribution in [0.1, 0.15) is 26.3 Å². The van der Waals surface area contributed by atoms with Crippen LogP contribution in [0, 0.1) is 5.92 Å². The van der Waals surface area contributed by atoms with E-state index in [1.807, 2.05) is 13.8 Å². The molecule has 0 aliphatic carbocycles. The number of hydrogen-bond donors (Lipinski definition) is 4. The van der Waals surface area contributed by atoms with Crippen molar-refractivity contribution in [3.05, 3.63) is 29.8 Å². The average Bonchev–Trinajstić information content (AvgIpc) is 2.45. The maximum Gasteiger partial charge on any atom is 0.321 e. The number of aliphatic hydroxyl groups is 1. The highest BCUT2D eigenvalue weighted by Crippen LogP contribution is 2.11. The van der Waals surface area contributed by atoms with Crippen LogP contribution in [-0.2, 0) is 11.4 Å². The molecule has 1 unspecified atom stereocenters. The molecule has 4 N–H and O–H groups in total. The summed E-state index contributed by atoms with van der Waals surface area (Å²) in [5.74, 6) is -0.0896. The SMILES string of the molecule is CC(C)CNC(=O)NC(=O)C(C)Nc1cccc(CO)c1. The zero-order valence-electron chi connectivity index (χ0n) is 12.6. The number of anilines is 1. The predicted molar refractivity (Wildman–Crippen MR) is 81.8 cm³/mol. The second kappa shape index (κ2) is 8.26. The van der Waals surface area contributed by atoms with Gasteiger partial charge in [-0.25, -0.2) is 4.79 Å². The molecule has 0 heterocycles. The zero-order valence-corrected chi connectivity index (χ0v) is 12.6. The lowest BCUT2D eigenvalue weighted by atomic mass is 10.2. The summed E-state index contributed by atoms with van der Waals surface area (Å²) in [5.41, 5.74) is 1.47. The Kier molecular flexibility index (Phi) is 6.68. The Hall–Kier alpha value is -2.08. The van der Waals surface area contributed by atoms with Crippen molar-refractivity contribution in [1.82, 2.24) is 10.6 Å². The highest BCUT2D eigenvalue weighted by Gasteiger charge is 2.15. The smallest absolute Gasteiger partial charge is 0.321 e. The van der Waals surface area contributed by atoms with Crippen LogP contribution in [0.15, 0.2) is 24.3 Å². The van der Waals surface area contributed by atoms with Crippen molar-refractivity contribution in [3.8, 4) is 0 Å². The van der Waals surface area contributed by atoms with E-state index in [0.29, 0.717) is 18.2 Å². The lowest BCUT2D eigenvalue weighted by Gasteiger charge is -2.16. The summed E-state index contributed by atoms with van der Waals surface area (Å²) in [6.45, 7) is 6.06. The molecule has 0 bridgehead atoms. The minimum absolute atomic E-state index is 0.0618. The summed E-state index contributed by atoms with van der Waals surface area (Å²) in [7, 11) is 0. The van der Waals surface area contributed by atoms with Crippen molar-refractivity contribution in [3.63, 3.8) is 0 Å². The Bertz CT molecular complexity index is 489. The number of nitrogens with one attached hydrogen (secondary N) is 3. The quantitative estimate of drug-likeness (QED) is 0.639. The first kappa shape index (κ1) is 17.0. The minimum atomic E-state index is -0.566. The van der Waals surface area contributed by atoms with Gasteiger partial charge in [0.1, 0.15) is 6.04 Å². The molecule has 0 aromatic heterocycles. The van der Waals surface area contributed by atoms with E-state index in [4.69, 9.17) is 5.11 Å². The molecule has 0 saturated carbocycles. The minimum Gasteiger partial charge on any atom is -0.392 e. The highest BCUT2D eigenvalue weighted by molar-refractivity contribution is 5.97. The van der Waals surface area contributed by atoms with E-state index in [-0.39, 0.29) is 6.61 Å². The van der Waals surface area contributed by atoms with E-state index in [0.717, 1.165) is 5.56 Å². The summed E-state index contributed by atoms with van der Waals surface area (Å²) in [6.07, 6.45) is 0. The van der Waals surface area contributed by atoms with Gasteiger partial charge in [0.2, 0.25) is 5.91 Å². The monoisotopic (exact) mass is 293 g/mol. The topological polar surface area (TPSA) is 90.5 Å². The van der Waals surface area contributed by atoms with Crippen molar-refractivity contribution in [2.24, 2.45) is 5.92 Å². The molecular formula is C15H23N3O3. The van der Waals surface area contributed by atoms with Gasteiger partial charge in [-0.2, -0.15) is 0 Å². The molecule has 1 aromatic carbocycles. The second-order valence-corrected chi connectivity index (χ2v) is 5.32. The van der Waals surface area contributed by atoms with Crippen molar-refractivity contribution < 1.29 is 14.7 Å². The molecule has 1 aromatic rings. The number of amides is 3. The van der Waals surface area contributed by atoms with Crippen LogP contribution in [0.3, 0.4) is 0 Å². The van der Waals surface area contributed by atoms with Crippen LogP contribution >= 0.6 is 0 Å². The van der Waals surface area contributed by atoms with Gasteiger partial charge in [-0.05, 0) is 30.5 Å². The van der Waals surface area contributed by atoms with Crippen molar-refractivity contribution in [2.75, 3.05) is 11.9 Å². The molecule has 3 amide bonds. The fraction of sp³-hybridized carbons (Fsp3) is 0.467. The first-order chi connectivity index (χ1) is 9.92. The fourth-order valence-electron chi connectivity index (χ4n) is 1.64. The van der Waals surface area contributed by atoms with Gasteiger partial charge in [0.25, 0.3) is 0 Å². The van der Waals surface area contributed by atoms with E-state index in [1.54, 1.807) is 31.2 Å². The van der Waals surface area contributed by atoms with Crippen LogP contribution in [-0.4, -0.2) is 29.6 Å². The number of benzene rings is 1. The van der Waals surface area contributed by atoms with Gasteiger partial charge in [-0.3, -0.25) is 10.1 Å². The number of aliphatic hydroxyl groups excluding tert-OH is 1. The molecule has 6 heteroatoms. The number of carbonyl (C=O) groups is 2. The normalized spacial score (nSPS) is 11.9. The molecule has 0 radical (unpaired) electrons. The predicted octanol–water partition coefficient (Wildman–Crippen LogP) is 1.46. The van der Waals surface area contributed by atoms with Gasteiger partial charge in [-0.15, -0.1) is 0 Å². The molecule has 6 nitrogen and oxygen atoms in total. The van der Waals surface area contributed by atoms with Crippen LogP contribution in [0.4, 0.5) is 10.5 Å². The van der Waals surface area contributed by atoms with E-state index in [2.05, 4.69) is 16.0 Å². The van der Waals surface area contributed by atoms with Crippen molar-refractivity contribution in [2.45, 2.75) is 33.4 Å². The molecule has 1 rings (SSSR count). The summed E-state index contributed by atoms with van der Waals surface area (Å²) >= 11 is 0. The Labute approximate surface area is 124 Å². The summed E-state index contributed by atoms with van der Waals surface area (Å²) in [4.78, 5) is 23.4. The number of imide groups is 1. The van der Waals surface area contributed by atoms with Crippen LogP contribution in [0.2, 0.25) is 0 Å². The van der Waals surface area contributed by atoms with Gasteiger partial charge in [-0.1, -0.05) is 26.0 Å². The third kappa shape index (κ3) is 6.27. The summed E-state index contributed by atoms with van der Waals surface area (Å²) < 4.78 is 0. The Balaban J connectivity index is 2.48. The van der Waals surface area contributed by atoms with Gasteiger partial charge in [0, 0.05) is 12.2 Å². The Morgan fingerprint density at radius 2 is 1.95 bits per heavy atom. The number of urea groups is 1. The fourth-order valence-corrected chi connectivity index (χ4v) is 1.64. The third-order valence-electron chi connectivity index (χ3n) is 2.79. The molecule has 0 spiro atoms. The molecule has 0 aliphatic rings. The van der Waals surface area contributed by atoms with Gasteiger partial charge in [0.05, 0.1) is 6.61 Å². The largest absolute Gasteiger partial charge is 0.392 e. The van der Waals surface area contributed by atoms with Crippen molar-refractivity contribution in [1.29, 1.82) is 0 Å². The lowest BCUT2D eigenvalue weighted by Crippen LogP contribution is -2.46. The summed E-state index contributed by atoms with van der Waals surface area (Å²) in [5, 5.41) is 17.0. The van der Waals surface area contributed by atoms with Crippen LogP contribution in [0.5, 0.6) is 0 Å². The molecule has 0 aliphatic heterocycles. The van der Waals surface area contributed by atoms with E-state index < -0.39 is 18.0 Å². The average molecular weight is 293 g/mol. The molecule has 0 saturated heterocycles. The number of rotatable bonds is 6. The Morgan fingerprint density at radius 3 is 2.57 bits per heavy atom. The van der Waals surface area contributed by atoms with E-state index >= 15 is 0 Å². The first-order valence-corrected chi connectivity index (χ1v) is 6.97. The first-order valence-electron chi connectivity index (χ1n) is 6.97. The lowest BCUT2D eigenvalue weighted by molar-refractivity contribution is -0.120.